The summed E-state index contributed by atoms with van der Waals surface area (Å²) in [5, 5.41) is 14.0. The average molecular weight is 343 g/mol. The number of anilines is 1. The lowest BCUT2D eigenvalue weighted by molar-refractivity contribution is -0.384. The van der Waals surface area contributed by atoms with E-state index in [-0.39, 0.29) is 17.3 Å². The van der Waals surface area contributed by atoms with Crippen molar-refractivity contribution in [3.8, 4) is 0 Å². The maximum Gasteiger partial charge on any atom is 0.271 e. The number of carbonyl (C=O) groups excluding carboxylic acids is 1. The summed E-state index contributed by atoms with van der Waals surface area (Å²) in [6.45, 7) is 1.92. The third-order valence-corrected chi connectivity index (χ3v) is 4.05. The van der Waals surface area contributed by atoms with Crippen LogP contribution in [0.15, 0.2) is 41.7 Å². The van der Waals surface area contributed by atoms with Crippen LogP contribution >= 0.6 is 11.8 Å². The lowest BCUT2D eigenvalue weighted by atomic mass is 10.3. The summed E-state index contributed by atoms with van der Waals surface area (Å²) in [7, 11) is 0. The highest BCUT2D eigenvalue weighted by Gasteiger charge is 2.11. The minimum atomic E-state index is -0.463. The van der Waals surface area contributed by atoms with Gasteiger partial charge in [0.2, 0.25) is 5.91 Å². The van der Waals surface area contributed by atoms with Crippen molar-refractivity contribution in [1.82, 2.24) is 15.0 Å². The van der Waals surface area contributed by atoms with Gasteiger partial charge < -0.3 is 10.3 Å². The van der Waals surface area contributed by atoms with Crippen LogP contribution in [-0.4, -0.2) is 31.5 Å². The van der Waals surface area contributed by atoms with Crippen molar-refractivity contribution < 1.29 is 9.72 Å². The summed E-state index contributed by atoms with van der Waals surface area (Å²) in [4.78, 5) is 33.6. The molecular weight excluding hydrogens is 330 g/mol. The number of imidazole rings is 1. The number of non-ortho nitro benzene ring substituents is 1. The molecule has 0 spiro atoms. The number of nitrogens with zero attached hydrogens (tertiary/aromatic N) is 3. The molecule has 2 aromatic heterocycles. The summed E-state index contributed by atoms with van der Waals surface area (Å²) >= 11 is 1.22. The zero-order chi connectivity index (χ0) is 17.1. The number of benzene rings is 1. The van der Waals surface area contributed by atoms with E-state index in [2.05, 4.69) is 20.3 Å². The molecule has 122 valence electrons. The lowest BCUT2D eigenvalue weighted by Gasteiger charge is -2.03. The van der Waals surface area contributed by atoms with E-state index in [9.17, 15) is 14.9 Å². The van der Waals surface area contributed by atoms with Crippen LogP contribution in [0.5, 0.6) is 0 Å². The van der Waals surface area contributed by atoms with Crippen LogP contribution in [0.25, 0.3) is 11.0 Å². The number of thioether (sulfide) groups is 1. The maximum atomic E-state index is 12.0. The van der Waals surface area contributed by atoms with Gasteiger partial charge in [-0.1, -0.05) is 11.8 Å². The molecule has 1 aromatic carbocycles. The molecular formula is C15H13N5O3S. The molecule has 9 heteroatoms. The van der Waals surface area contributed by atoms with Crippen molar-refractivity contribution in [2.24, 2.45) is 0 Å². The number of aromatic nitrogens is 3. The van der Waals surface area contributed by atoms with E-state index in [1.807, 2.05) is 13.0 Å². The van der Waals surface area contributed by atoms with Gasteiger partial charge in [-0.25, -0.2) is 9.97 Å². The SMILES string of the molecule is Cc1ccnc(NC(=O)CSc2nc3ccc([N+](=O)[O-])cc3[nH]2)c1. The second-order valence-corrected chi connectivity index (χ2v) is 6.02. The predicted molar refractivity (Wildman–Crippen MR) is 91.1 cm³/mol. The van der Waals surface area contributed by atoms with Crippen molar-refractivity contribution in [3.63, 3.8) is 0 Å². The maximum absolute atomic E-state index is 12.0. The molecule has 0 saturated carbocycles. The number of hydrogen-bond acceptors (Lipinski definition) is 6. The van der Waals surface area contributed by atoms with Crippen LogP contribution in [0.4, 0.5) is 11.5 Å². The van der Waals surface area contributed by atoms with Gasteiger partial charge in [0.15, 0.2) is 5.16 Å². The predicted octanol–water partition coefficient (Wildman–Crippen LogP) is 2.91. The molecule has 3 rings (SSSR count). The molecule has 2 N–H and O–H groups in total. The van der Waals surface area contributed by atoms with Crippen molar-refractivity contribution in [2.45, 2.75) is 12.1 Å². The van der Waals surface area contributed by atoms with E-state index in [0.29, 0.717) is 22.0 Å². The zero-order valence-electron chi connectivity index (χ0n) is 12.6. The molecule has 2 heterocycles. The second kappa shape index (κ2) is 6.67. The molecule has 0 bridgehead atoms. The molecule has 8 nitrogen and oxygen atoms in total. The van der Waals surface area contributed by atoms with Gasteiger partial charge in [-0.15, -0.1) is 0 Å². The molecule has 0 aliphatic rings. The van der Waals surface area contributed by atoms with Gasteiger partial charge in [-0.2, -0.15) is 0 Å². The molecule has 0 radical (unpaired) electrons. The Morgan fingerprint density at radius 3 is 2.96 bits per heavy atom. The van der Waals surface area contributed by atoms with Crippen LogP contribution in [0.3, 0.4) is 0 Å². The fourth-order valence-corrected chi connectivity index (χ4v) is 2.76. The van der Waals surface area contributed by atoms with E-state index < -0.39 is 4.92 Å². The Hall–Kier alpha value is -2.94. The van der Waals surface area contributed by atoms with Gasteiger partial charge in [0.05, 0.1) is 21.7 Å². The Labute approximate surface area is 140 Å². The first-order chi connectivity index (χ1) is 11.5. The third-order valence-electron chi connectivity index (χ3n) is 3.18. The van der Waals surface area contributed by atoms with Gasteiger partial charge in [0.1, 0.15) is 5.82 Å². The molecule has 24 heavy (non-hydrogen) atoms. The fourth-order valence-electron chi connectivity index (χ4n) is 2.07. The Bertz CT molecular complexity index is 924. The van der Waals surface area contributed by atoms with Gasteiger partial charge in [0, 0.05) is 18.3 Å². The van der Waals surface area contributed by atoms with E-state index >= 15 is 0 Å². The largest absolute Gasteiger partial charge is 0.333 e. The first-order valence-electron chi connectivity index (χ1n) is 7.01. The summed E-state index contributed by atoms with van der Waals surface area (Å²) in [6, 6.07) is 8.02. The Morgan fingerprint density at radius 2 is 2.21 bits per heavy atom. The van der Waals surface area contributed by atoms with Crippen LogP contribution in [0, 0.1) is 17.0 Å². The summed E-state index contributed by atoms with van der Waals surface area (Å²) in [5.41, 5.74) is 2.18. The monoisotopic (exact) mass is 343 g/mol. The van der Waals surface area contributed by atoms with Crippen LogP contribution in [0.1, 0.15) is 5.56 Å². The fraction of sp³-hybridized carbons (Fsp3) is 0.133. The number of aromatic amines is 1. The van der Waals surface area contributed by atoms with Crippen molar-refractivity contribution in [2.75, 3.05) is 11.1 Å². The number of pyridine rings is 1. The summed E-state index contributed by atoms with van der Waals surface area (Å²) in [6.07, 6.45) is 1.63. The summed E-state index contributed by atoms with van der Waals surface area (Å²) < 4.78 is 0. The Morgan fingerprint density at radius 1 is 1.38 bits per heavy atom. The number of hydrogen-bond donors (Lipinski definition) is 2. The molecule has 0 aliphatic heterocycles. The highest BCUT2D eigenvalue weighted by molar-refractivity contribution is 7.99. The zero-order valence-corrected chi connectivity index (χ0v) is 13.5. The number of nitrogens with one attached hydrogen (secondary N) is 2. The molecule has 0 atom stereocenters. The molecule has 0 unspecified atom stereocenters. The van der Waals surface area contributed by atoms with E-state index in [4.69, 9.17) is 0 Å². The van der Waals surface area contributed by atoms with Crippen molar-refractivity contribution in [3.05, 3.63) is 52.2 Å². The van der Waals surface area contributed by atoms with E-state index in [0.717, 1.165) is 5.56 Å². The highest BCUT2D eigenvalue weighted by atomic mass is 32.2. The Balaban J connectivity index is 1.64. The van der Waals surface area contributed by atoms with Gasteiger partial charge in [-0.05, 0) is 30.7 Å². The number of H-pyrrole nitrogens is 1. The number of aryl methyl sites for hydroxylation is 1. The van der Waals surface area contributed by atoms with Crippen LogP contribution in [0.2, 0.25) is 0 Å². The minimum Gasteiger partial charge on any atom is -0.333 e. The van der Waals surface area contributed by atoms with Gasteiger partial charge in [-0.3, -0.25) is 14.9 Å². The molecule has 1 amide bonds. The van der Waals surface area contributed by atoms with Gasteiger partial charge >= 0.3 is 0 Å². The minimum absolute atomic E-state index is 0.00837. The standard InChI is InChI=1S/C15H13N5O3S/c1-9-4-5-16-13(6-9)19-14(21)8-24-15-17-11-3-2-10(20(22)23)7-12(11)18-15/h2-7H,8H2,1H3,(H,17,18)(H,16,19,21). The normalized spacial score (nSPS) is 10.7. The smallest absolute Gasteiger partial charge is 0.271 e. The second-order valence-electron chi connectivity index (χ2n) is 5.06. The van der Waals surface area contributed by atoms with Crippen LogP contribution < -0.4 is 5.32 Å². The number of nitro benzene ring substituents is 1. The van der Waals surface area contributed by atoms with E-state index in [1.54, 1.807) is 18.3 Å². The highest BCUT2D eigenvalue weighted by Crippen LogP contribution is 2.23. The molecule has 0 saturated heterocycles. The van der Waals surface area contributed by atoms with E-state index in [1.165, 1.54) is 23.9 Å². The molecule has 0 aliphatic carbocycles. The number of rotatable bonds is 5. The average Bonchev–Trinajstić information content (AvgIpc) is 2.95. The molecule has 0 fully saturated rings. The van der Waals surface area contributed by atoms with Crippen LogP contribution in [-0.2, 0) is 4.79 Å². The number of carbonyl (C=O) groups is 1. The summed E-state index contributed by atoms with van der Waals surface area (Å²) in [5.74, 6) is 0.447. The lowest BCUT2D eigenvalue weighted by Crippen LogP contribution is -2.15. The number of nitro groups is 1. The van der Waals surface area contributed by atoms with Crippen molar-refractivity contribution in [1.29, 1.82) is 0 Å². The number of amides is 1. The topological polar surface area (TPSA) is 114 Å². The first kappa shape index (κ1) is 15.9. The Kier molecular flexibility index (Phi) is 4.43. The van der Waals surface area contributed by atoms with Crippen molar-refractivity contribution >= 4 is 40.2 Å². The first-order valence-corrected chi connectivity index (χ1v) is 7.99. The quantitative estimate of drug-likeness (QED) is 0.418. The number of fused-ring (bicyclic) bond motifs is 1. The molecule has 3 aromatic rings. The van der Waals surface area contributed by atoms with Gasteiger partial charge in [0.25, 0.3) is 5.69 Å². The third kappa shape index (κ3) is 3.69.